The minimum Gasteiger partial charge on any atom is -0.481 e. The number of rotatable bonds is 6. The molecule has 0 heterocycles. The lowest BCUT2D eigenvalue weighted by atomic mass is 10.3. The van der Waals surface area contributed by atoms with E-state index in [4.69, 9.17) is 16.7 Å². The first-order valence-corrected chi connectivity index (χ1v) is 7.65. The van der Waals surface area contributed by atoms with Gasteiger partial charge in [-0.15, -0.1) is 0 Å². The van der Waals surface area contributed by atoms with Crippen molar-refractivity contribution >= 4 is 43.5 Å². The Bertz CT molecular complexity index is 547. The molecule has 0 unspecified atom stereocenters. The Kier molecular flexibility index (Phi) is 5.58. The van der Waals surface area contributed by atoms with E-state index in [0.29, 0.717) is 9.50 Å². The molecular formula is C10H11BrClNO4S. The van der Waals surface area contributed by atoms with Gasteiger partial charge in [-0.2, -0.15) is 0 Å². The lowest BCUT2D eigenvalue weighted by Crippen LogP contribution is -2.25. The zero-order valence-electron chi connectivity index (χ0n) is 9.19. The molecule has 0 radical (unpaired) electrons. The van der Waals surface area contributed by atoms with Crippen LogP contribution in [-0.4, -0.2) is 26.0 Å². The lowest BCUT2D eigenvalue weighted by Gasteiger charge is -2.08. The van der Waals surface area contributed by atoms with Crippen LogP contribution in [-0.2, 0) is 14.8 Å². The monoisotopic (exact) mass is 355 g/mol. The Morgan fingerprint density at radius 1 is 1.44 bits per heavy atom. The largest absolute Gasteiger partial charge is 0.481 e. The van der Waals surface area contributed by atoms with Gasteiger partial charge in [0.05, 0.1) is 4.90 Å². The van der Waals surface area contributed by atoms with E-state index in [-0.39, 0.29) is 24.3 Å². The molecule has 8 heteroatoms. The van der Waals surface area contributed by atoms with Crippen LogP contribution in [0.25, 0.3) is 0 Å². The summed E-state index contributed by atoms with van der Waals surface area (Å²) in [7, 11) is -3.69. The van der Waals surface area contributed by atoms with Gasteiger partial charge in [0.1, 0.15) is 0 Å². The predicted molar refractivity (Wildman–Crippen MR) is 71.2 cm³/mol. The molecule has 0 aliphatic rings. The molecule has 0 aromatic heterocycles. The fourth-order valence-corrected chi connectivity index (χ4v) is 3.51. The minimum absolute atomic E-state index is 0.0327. The summed E-state index contributed by atoms with van der Waals surface area (Å²) >= 11 is 8.86. The topological polar surface area (TPSA) is 83.5 Å². The Morgan fingerprint density at radius 2 is 2.11 bits per heavy atom. The molecule has 0 amide bonds. The average Bonchev–Trinajstić information content (AvgIpc) is 2.27. The summed E-state index contributed by atoms with van der Waals surface area (Å²) in [5.41, 5.74) is 0. The van der Waals surface area contributed by atoms with Gasteiger partial charge < -0.3 is 5.11 Å². The van der Waals surface area contributed by atoms with Gasteiger partial charge in [0.15, 0.2) is 0 Å². The first-order valence-electron chi connectivity index (χ1n) is 4.99. The molecule has 0 saturated carbocycles. The molecule has 1 rings (SSSR count). The highest BCUT2D eigenvalue weighted by Crippen LogP contribution is 2.25. The molecule has 100 valence electrons. The highest BCUT2D eigenvalue weighted by atomic mass is 79.9. The highest BCUT2D eigenvalue weighted by Gasteiger charge is 2.17. The van der Waals surface area contributed by atoms with Crippen LogP contribution in [0.5, 0.6) is 0 Å². The van der Waals surface area contributed by atoms with E-state index < -0.39 is 16.0 Å². The molecule has 0 atom stereocenters. The van der Waals surface area contributed by atoms with E-state index in [1.54, 1.807) is 6.07 Å². The summed E-state index contributed by atoms with van der Waals surface area (Å²) < 4.78 is 26.5. The second kappa shape index (κ2) is 6.51. The van der Waals surface area contributed by atoms with Crippen molar-refractivity contribution in [2.24, 2.45) is 0 Å². The van der Waals surface area contributed by atoms with E-state index in [1.165, 1.54) is 12.1 Å². The molecular weight excluding hydrogens is 346 g/mol. The summed E-state index contributed by atoms with van der Waals surface area (Å²) in [6, 6.07) is 4.43. The Balaban J connectivity index is 2.74. The molecule has 1 aromatic carbocycles. The van der Waals surface area contributed by atoms with Gasteiger partial charge in [0.25, 0.3) is 0 Å². The number of carboxylic acid groups (broad SMARTS) is 1. The summed E-state index contributed by atoms with van der Waals surface area (Å²) in [5.74, 6) is -0.960. The summed E-state index contributed by atoms with van der Waals surface area (Å²) in [6.07, 6.45) is 0.145. The van der Waals surface area contributed by atoms with Crippen LogP contribution in [0.1, 0.15) is 12.8 Å². The number of halogens is 2. The van der Waals surface area contributed by atoms with Crippen molar-refractivity contribution in [3.05, 3.63) is 27.7 Å². The molecule has 0 aliphatic heterocycles. The standard InChI is InChI=1S/C10H11BrClNO4S/c11-8-4-3-7(12)6-9(8)18(16,17)13-5-1-2-10(14)15/h3-4,6,13H,1-2,5H2,(H,14,15). The molecule has 1 aromatic rings. The van der Waals surface area contributed by atoms with Crippen molar-refractivity contribution in [3.63, 3.8) is 0 Å². The molecule has 5 nitrogen and oxygen atoms in total. The number of nitrogens with one attached hydrogen (secondary N) is 1. The van der Waals surface area contributed by atoms with E-state index >= 15 is 0 Å². The van der Waals surface area contributed by atoms with Crippen LogP contribution in [0.2, 0.25) is 5.02 Å². The molecule has 0 spiro atoms. The van der Waals surface area contributed by atoms with Crippen molar-refractivity contribution in [2.75, 3.05) is 6.54 Å². The average molecular weight is 357 g/mol. The normalized spacial score (nSPS) is 11.4. The molecule has 18 heavy (non-hydrogen) atoms. The van der Waals surface area contributed by atoms with Gasteiger partial charge in [-0.25, -0.2) is 13.1 Å². The Labute approximate surface area is 118 Å². The molecule has 0 bridgehead atoms. The Hall–Kier alpha value is -0.630. The number of benzene rings is 1. The zero-order valence-corrected chi connectivity index (χ0v) is 12.3. The maximum atomic E-state index is 11.9. The molecule has 2 N–H and O–H groups in total. The van der Waals surface area contributed by atoms with E-state index in [9.17, 15) is 13.2 Å². The second-order valence-corrected chi connectivity index (χ2v) is 6.50. The van der Waals surface area contributed by atoms with Gasteiger partial charge in [-0.1, -0.05) is 11.6 Å². The number of hydrogen-bond donors (Lipinski definition) is 2. The van der Waals surface area contributed by atoms with Crippen LogP contribution in [0.15, 0.2) is 27.6 Å². The van der Waals surface area contributed by atoms with E-state index in [0.717, 1.165) is 0 Å². The van der Waals surface area contributed by atoms with Gasteiger partial charge in [-0.05, 0) is 40.5 Å². The fourth-order valence-electron chi connectivity index (χ4n) is 1.21. The first-order chi connectivity index (χ1) is 8.33. The molecule has 0 saturated heterocycles. The number of aliphatic carboxylic acids is 1. The van der Waals surface area contributed by atoms with Gasteiger partial charge in [-0.3, -0.25) is 4.79 Å². The SMILES string of the molecule is O=C(O)CCCNS(=O)(=O)c1cc(Cl)ccc1Br. The first kappa shape index (κ1) is 15.4. The molecule has 0 fully saturated rings. The van der Waals surface area contributed by atoms with Crippen LogP contribution in [0, 0.1) is 0 Å². The predicted octanol–water partition coefficient (Wildman–Crippen LogP) is 2.25. The lowest BCUT2D eigenvalue weighted by molar-refractivity contribution is -0.137. The third-order valence-corrected chi connectivity index (χ3v) is 4.73. The van der Waals surface area contributed by atoms with Crippen LogP contribution in [0.4, 0.5) is 0 Å². The van der Waals surface area contributed by atoms with Crippen molar-refractivity contribution in [1.29, 1.82) is 0 Å². The zero-order chi connectivity index (χ0) is 13.8. The number of carboxylic acids is 1. The van der Waals surface area contributed by atoms with Gasteiger partial charge in [0, 0.05) is 22.5 Å². The van der Waals surface area contributed by atoms with Gasteiger partial charge >= 0.3 is 5.97 Å². The molecule has 0 aliphatic carbocycles. The maximum Gasteiger partial charge on any atom is 0.303 e. The number of carbonyl (C=O) groups is 1. The minimum atomic E-state index is -3.69. The number of hydrogen-bond acceptors (Lipinski definition) is 3. The van der Waals surface area contributed by atoms with E-state index in [1.807, 2.05) is 0 Å². The smallest absolute Gasteiger partial charge is 0.303 e. The van der Waals surface area contributed by atoms with Gasteiger partial charge in [0.2, 0.25) is 10.0 Å². The summed E-state index contributed by atoms with van der Waals surface area (Å²) in [4.78, 5) is 10.3. The number of sulfonamides is 1. The summed E-state index contributed by atoms with van der Waals surface area (Å²) in [6.45, 7) is 0.0631. The van der Waals surface area contributed by atoms with Crippen LogP contribution < -0.4 is 4.72 Å². The Morgan fingerprint density at radius 3 is 2.72 bits per heavy atom. The van der Waals surface area contributed by atoms with Crippen molar-refractivity contribution in [3.8, 4) is 0 Å². The van der Waals surface area contributed by atoms with E-state index in [2.05, 4.69) is 20.7 Å². The van der Waals surface area contributed by atoms with Crippen molar-refractivity contribution in [2.45, 2.75) is 17.7 Å². The quantitative estimate of drug-likeness (QED) is 0.766. The maximum absolute atomic E-state index is 11.9. The highest BCUT2D eigenvalue weighted by molar-refractivity contribution is 9.10. The van der Waals surface area contributed by atoms with Crippen LogP contribution in [0.3, 0.4) is 0 Å². The fraction of sp³-hybridized carbons (Fsp3) is 0.300. The third-order valence-electron chi connectivity index (χ3n) is 2.04. The second-order valence-electron chi connectivity index (χ2n) is 3.47. The van der Waals surface area contributed by atoms with Crippen LogP contribution >= 0.6 is 27.5 Å². The van der Waals surface area contributed by atoms with Crippen molar-refractivity contribution in [1.82, 2.24) is 4.72 Å². The van der Waals surface area contributed by atoms with Crippen molar-refractivity contribution < 1.29 is 18.3 Å². The third kappa shape index (κ3) is 4.56. The summed E-state index contributed by atoms with van der Waals surface area (Å²) in [5, 5.41) is 8.75.